The summed E-state index contributed by atoms with van der Waals surface area (Å²) in [6.45, 7) is 12.9. The van der Waals surface area contributed by atoms with Crippen LogP contribution >= 0.6 is 0 Å². The molecular weight excluding hydrogens is 303 g/mol. The molecule has 1 heterocycles. The van der Waals surface area contributed by atoms with E-state index < -0.39 is 7.12 Å². The van der Waals surface area contributed by atoms with Crippen LogP contribution in [0.4, 0.5) is 0 Å². The van der Waals surface area contributed by atoms with Crippen molar-refractivity contribution in [3.63, 3.8) is 0 Å². The molecule has 0 aromatic heterocycles. The molecule has 1 atom stereocenters. The number of hydrogen-bond donors (Lipinski definition) is 0. The monoisotopic (exact) mass is 330 g/mol. The SMILES string of the molecule is CC#Cc1ccc(B2OC(C)(C)C(C)(CC)O2)c(OCOCC)c1. The van der Waals surface area contributed by atoms with E-state index in [1.807, 2.05) is 32.0 Å². The number of rotatable bonds is 6. The van der Waals surface area contributed by atoms with E-state index in [-0.39, 0.29) is 18.0 Å². The summed E-state index contributed by atoms with van der Waals surface area (Å²) in [5.41, 5.74) is 1.02. The molecule has 0 aliphatic carbocycles. The van der Waals surface area contributed by atoms with E-state index in [0.29, 0.717) is 12.4 Å². The summed E-state index contributed by atoms with van der Waals surface area (Å²) in [6, 6.07) is 5.83. The topological polar surface area (TPSA) is 36.9 Å². The summed E-state index contributed by atoms with van der Waals surface area (Å²) in [4.78, 5) is 0. The minimum Gasteiger partial charge on any atom is -0.468 e. The lowest BCUT2D eigenvalue weighted by Gasteiger charge is -2.35. The first-order chi connectivity index (χ1) is 11.4. The van der Waals surface area contributed by atoms with Crippen LogP contribution in [0.25, 0.3) is 0 Å². The van der Waals surface area contributed by atoms with Crippen LogP contribution in [-0.2, 0) is 14.0 Å². The van der Waals surface area contributed by atoms with Crippen LogP contribution in [0.15, 0.2) is 18.2 Å². The Hall–Kier alpha value is -1.48. The molecule has 0 radical (unpaired) electrons. The van der Waals surface area contributed by atoms with Crippen LogP contribution in [0.1, 0.15) is 53.5 Å². The van der Waals surface area contributed by atoms with Crippen LogP contribution in [0.2, 0.25) is 0 Å². The fourth-order valence-corrected chi connectivity index (χ4v) is 2.70. The van der Waals surface area contributed by atoms with Crippen LogP contribution in [0.3, 0.4) is 0 Å². The van der Waals surface area contributed by atoms with Gasteiger partial charge < -0.3 is 18.8 Å². The van der Waals surface area contributed by atoms with Gasteiger partial charge in [0.2, 0.25) is 0 Å². The van der Waals surface area contributed by atoms with Crippen molar-refractivity contribution in [2.75, 3.05) is 13.4 Å². The first kappa shape index (κ1) is 18.9. The third-order valence-electron chi connectivity index (χ3n) is 4.76. The zero-order chi connectivity index (χ0) is 17.8. The smallest absolute Gasteiger partial charge is 0.468 e. The van der Waals surface area contributed by atoms with Gasteiger partial charge in [-0.2, -0.15) is 0 Å². The molecule has 0 spiro atoms. The van der Waals surface area contributed by atoms with E-state index in [1.54, 1.807) is 0 Å². The van der Waals surface area contributed by atoms with Crippen molar-refractivity contribution in [2.45, 2.75) is 59.2 Å². The van der Waals surface area contributed by atoms with Crippen LogP contribution in [-0.4, -0.2) is 31.7 Å². The molecule has 1 aliphatic heterocycles. The van der Waals surface area contributed by atoms with Gasteiger partial charge in [0.15, 0.2) is 6.79 Å². The second kappa shape index (κ2) is 7.61. The van der Waals surface area contributed by atoms with E-state index in [0.717, 1.165) is 17.4 Å². The van der Waals surface area contributed by atoms with Gasteiger partial charge in [-0.05, 0) is 53.2 Å². The van der Waals surface area contributed by atoms with E-state index >= 15 is 0 Å². The van der Waals surface area contributed by atoms with Crippen LogP contribution < -0.4 is 10.2 Å². The van der Waals surface area contributed by atoms with Gasteiger partial charge in [-0.3, -0.25) is 0 Å². The number of benzene rings is 1. The third kappa shape index (κ3) is 3.78. The first-order valence-corrected chi connectivity index (χ1v) is 8.49. The Labute approximate surface area is 146 Å². The number of hydrogen-bond acceptors (Lipinski definition) is 4. The Morgan fingerprint density at radius 1 is 1.17 bits per heavy atom. The third-order valence-corrected chi connectivity index (χ3v) is 4.76. The van der Waals surface area contributed by atoms with Gasteiger partial charge in [-0.15, -0.1) is 5.92 Å². The van der Waals surface area contributed by atoms with Crippen molar-refractivity contribution in [3.05, 3.63) is 23.8 Å². The van der Waals surface area contributed by atoms with Gasteiger partial charge in [0.1, 0.15) is 5.75 Å². The highest BCUT2D eigenvalue weighted by Gasteiger charge is 2.54. The summed E-state index contributed by atoms with van der Waals surface area (Å²) in [7, 11) is -0.467. The lowest BCUT2D eigenvalue weighted by molar-refractivity contribution is -0.0118. The normalized spacial score (nSPS) is 22.2. The summed E-state index contributed by atoms with van der Waals surface area (Å²) in [5.74, 6) is 6.64. The van der Waals surface area contributed by atoms with Gasteiger partial charge >= 0.3 is 7.12 Å². The van der Waals surface area contributed by atoms with Crippen molar-refractivity contribution < 1.29 is 18.8 Å². The van der Waals surface area contributed by atoms with Gasteiger partial charge in [0.25, 0.3) is 0 Å². The molecule has 1 fully saturated rings. The van der Waals surface area contributed by atoms with E-state index in [1.165, 1.54) is 0 Å². The maximum absolute atomic E-state index is 6.27. The second-order valence-electron chi connectivity index (χ2n) is 6.54. The van der Waals surface area contributed by atoms with E-state index in [4.69, 9.17) is 18.8 Å². The molecule has 24 heavy (non-hydrogen) atoms. The largest absolute Gasteiger partial charge is 0.498 e. The second-order valence-corrected chi connectivity index (χ2v) is 6.54. The van der Waals surface area contributed by atoms with Crippen molar-refractivity contribution in [1.29, 1.82) is 0 Å². The minimum absolute atomic E-state index is 0.188. The maximum atomic E-state index is 6.27. The average molecular weight is 330 g/mol. The molecule has 130 valence electrons. The van der Waals surface area contributed by atoms with Crippen LogP contribution in [0.5, 0.6) is 5.75 Å². The van der Waals surface area contributed by atoms with E-state index in [2.05, 4.69) is 39.5 Å². The summed E-state index contributed by atoms with van der Waals surface area (Å²) in [6.07, 6.45) is 0.866. The summed E-state index contributed by atoms with van der Waals surface area (Å²) >= 11 is 0. The summed E-state index contributed by atoms with van der Waals surface area (Å²) < 4.78 is 23.6. The van der Waals surface area contributed by atoms with E-state index in [9.17, 15) is 0 Å². The highest BCUT2D eigenvalue weighted by atomic mass is 16.7. The van der Waals surface area contributed by atoms with Gasteiger partial charge in [-0.25, -0.2) is 0 Å². The minimum atomic E-state index is -0.467. The quantitative estimate of drug-likeness (QED) is 0.348. The maximum Gasteiger partial charge on any atom is 0.498 e. The molecular formula is C19H27BO4. The zero-order valence-corrected chi connectivity index (χ0v) is 15.6. The fourth-order valence-electron chi connectivity index (χ4n) is 2.70. The summed E-state index contributed by atoms with van der Waals surface area (Å²) in [5, 5.41) is 0. The molecule has 1 aromatic carbocycles. The van der Waals surface area contributed by atoms with Crippen LogP contribution in [0, 0.1) is 11.8 Å². The van der Waals surface area contributed by atoms with Gasteiger partial charge in [-0.1, -0.05) is 18.9 Å². The molecule has 1 aliphatic rings. The zero-order valence-electron chi connectivity index (χ0n) is 15.6. The molecule has 1 unspecified atom stereocenters. The number of ether oxygens (including phenoxy) is 2. The first-order valence-electron chi connectivity index (χ1n) is 8.49. The Kier molecular flexibility index (Phi) is 5.98. The van der Waals surface area contributed by atoms with Crippen molar-refractivity contribution in [2.24, 2.45) is 0 Å². The molecule has 1 saturated heterocycles. The fraction of sp³-hybridized carbons (Fsp3) is 0.579. The van der Waals surface area contributed by atoms with Gasteiger partial charge in [0.05, 0.1) is 11.2 Å². The predicted molar refractivity (Wildman–Crippen MR) is 96.4 cm³/mol. The Morgan fingerprint density at radius 2 is 1.92 bits per heavy atom. The highest BCUT2D eigenvalue weighted by Crippen LogP contribution is 2.39. The molecule has 0 amide bonds. The van der Waals surface area contributed by atoms with Crippen molar-refractivity contribution >= 4 is 12.6 Å². The Bertz CT molecular complexity index is 632. The molecule has 1 aromatic rings. The predicted octanol–water partition coefficient (Wildman–Crippen LogP) is 3.12. The molecule has 0 N–H and O–H groups in total. The molecule has 0 saturated carbocycles. The van der Waals surface area contributed by atoms with Gasteiger partial charge in [0, 0.05) is 17.6 Å². The lowest BCUT2D eigenvalue weighted by atomic mass is 9.78. The Balaban J connectivity index is 2.33. The standard InChI is InChI=1S/C19H27BO4/c1-7-10-15-11-12-16(17(13-15)22-14-21-9-3)20-23-18(4,5)19(6,8-2)24-20/h11-13H,8-9,14H2,1-6H3. The lowest BCUT2D eigenvalue weighted by Crippen LogP contribution is -2.44. The molecule has 5 heteroatoms. The molecule has 4 nitrogen and oxygen atoms in total. The Morgan fingerprint density at radius 3 is 2.50 bits per heavy atom. The highest BCUT2D eigenvalue weighted by molar-refractivity contribution is 6.63. The molecule has 0 bridgehead atoms. The average Bonchev–Trinajstić information content (AvgIpc) is 2.78. The van der Waals surface area contributed by atoms with Crippen molar-refractivity contribution in [1.82, 2.24) is 0 Å². The molecule has 2 rings (SSSR count). The van der Waals surface area contributed by atoms with Crippen molar-refractivity contribution in [3.8, 4) is 17.6 Å².